The van der Waals surface area contributed by atoms with Gasteiger partial charge in [-0.2, -0.15) is 13.2 Å². The number of carbonyl (C=O) groups is 1. The number of piperidine rings is 1. The Morgan fingerprint density at radius 3 is 2.86 bits per heavy atom. The molecule has 3 rings (SSSR count). The largest absolute Gasteiger partial charge is 0.493 e. The lowest BCUT2D eigenvalue weighted by atomic mass is 9.96. The van der Waals surface area contributed by atoms with E-state index in [1.807, 2.05) is 6.07 Å². The van der Waals surface area contributed by atoms with E-state index in [-0.39, 0.29) is 19.3 Å². The Morgan fingerprint density at radius 2 is 2.10 bits per heavy atom. The average molecular weight is 416 g/mol. The molecule has 2 heterocycles. The Hall–Kier alpha value is -2.16. The Labute approximate surface area is 168 Å². The summed E-state index contributed by atoms with van der Waals surface area (Å²) in [5.74, 6) is 1.30. The summed E-state index contributed by atoms with van der Waals surface area (Å²) >= 11 is 0. The van der Waals surface area contributed by atoms with Gasteiger partial charge in [0.15, 0.2) is 11.5 Å². The minimum atomic E-state index is -4.37. The third-order valence-electron chi connectivity index (χ3n) is 5.15. The quantitative estimate of drug-likeness (QED) is 0.609. The zero-order valence-electron chi connectivity index (χ0n) is 16.5. The van der Waals surface area contributed by atoms with Crippen LogP contribution >= 0.6 is 0 Å². The molecule has 0 N–H and O–H groups in total. The summed E-state index contributed by atoms with van der Waals surface area (Å²) in [6.07, 6.45) is -2.16. The highest BCUT2D eigenvalue weighted by Crippen LogP contribution is 2.35. The molecule has 1 amide bonds. The van der Waals surface area contributed by atoms with Crippen molar-refractivity contribution in [2.24, 2.45) is 5.92 Å². The Balaban J connectivity index is 1.42. The monoisotopic (exact) mass is 416 g/mol. The number of rotatable bonds is 8. The van der Waals surface area contributed by atoms with E-state index in [1.54, 1.807) is 19.1 Å². The van der Waals surface area contributed by atoms with Crippen LogP contribution in [-0.4, -0.2) is 68.0 Å². The SMILES string of the molecule is CCN(CC(F)(F)F)C(=O)C1CCCN(CCCOc2ccc3c(c2)OCO3)C1. The lowest BCUT2D eigenvalue weighted by molar-refractivity contribution is -0.164. The number of fused-ring (bicyclic) bond motifs is 1. The molecule has 1 unspecified atom stereocenters. The molecule has 9 heteroatoms. The number of hydrogen-bond acceptors (Lipinski definition) is 5. The number of carbonyl (C=O) groups excluding carboxylic acids is 1. The molecule has 1 saturated heterocycles. The molecule has 0 saturated carbocycles. The van der Waals surface area contributed by atoms with Gasteiger partial charge in [-0.3, -0.25) is 4.79 Å². The first-order valence-electron chi connectivity index (χ1n) is 9.96. The van der Waals surface area contributed by atoms with Gasteiger partial charge >= 0.3 is 6.18 Å². The van der Waals surface area contributed by atoms with Gasteiger partial charge < -0.3 is 24.0 Å². The zero-order chi connectivity index (χ0) is 20.9. The zero-order valence-corrected chi connectivity index (χ0v) is 16.5. The minimum absolute atomic E-state index is 0.0677. The normalized spacial score (nSPS) is 19.2. The standard InChI is InChI=1S/C20H27F3N2O4/c1-2-25(13-20(21,22)23)19(26)15-5-3-8-24(12-15)9-4-10-27-16-6-7-17-18(11-16)29-14-28-17/h6-7,11,15H,2-5,8-10,12-14H2,1H3. The van der Waals surface area contributed by atoms with E-state index in [4.69, 9.17) is 14.2 Å². The molecule has 29 heavy (non-hydrogen) atoms. The van der Waals surface area contributed by atoms with Crippen molar-refractivity contribution in [3.05, 3.63) is 18.2 Å². The first-order chi connectivity index (χ1) is 13.9. The van der Waals surface area contributed by atoms with Crippen LogP contribution in [0.5, 0.6) is 17.2 Å². The van der Waals surface area contributed by atoms with Gasteiger partial charge in [-0.05, 0) is 44.9 Å². The average Bonchev–Trinajstić information content (AvgIpc) is 3.16. The molecular weight excluding hydrogens is 389 g/mol. The number of hydrogen-bond donors (Lipinski definition) is 0. The molecule has 6 nitrogen and oxygen atoms in total. The molecule has 1 atom stereocenters. The van der Waals surface area contributed by atoms with Crippen LogP contribution in [0.2, 0.25) is 0 Å². The van der Waals surface area contributed by atoms with Crippen molar-refractivity contribution < 1.29 is 32.2 Å². The summed E-state index contributed by atoms with van der Waals surface area (Å²) in [5.41, 5.74) is 0. The first-order valence-corrected chi connectivity index (χ1v) is 9.96. The maximum atomic E-state index is 12.7. The number of halogens is 3. The van der Waals surface area contributed by atoms with E-state index in [9.17, 15) is 18.0 Å². The highest BCUT2D eigenvalue weighted by molar-refractivity contribution is 5.79. The number of alkyl halides is 3. The molecule has 1 aromatic rings. The van der Waals surface area contributed by atoms with Gasteiger partial charge in [-0.15, -0.1) is 0 Å². The van der Waals surface area contributed by atoms with Gasteiger partial charge in [0.2, 0.25) is 12.7 Å². The summed E-state index contributed by atoms with van der Waals surface area (Å²) in [7, 11) is 0. The van der Waals surface area contributed by atoms with Crippen molar-refractivity contribution in [2.75, 3.05) is 46.1 Å². The van der Waals surface area contributed by atoms with Crippen LogP contribution in [0.3, 0.4) is 0 Å². The molecule has 0 radical (unpaired) electrons. The number of amides is 1. The minimum Gasteiger partial charge on any atom is -0.493 e. The number of ether oxygens (including phenoxy) is 3. The van der Waals surface area contributed by atoms with Gasteiger partial charge in [0.1, 0.15) is 12.3 Å². The molecule has 0 spiro atoms. The second-order valence-corrected chi connectivity index (χ2v) is 7.32. The second kappa shape index (κ2) is 9.56. The van der Waals surface area contributed by atoms with Gasteiger partial charge in [0.25, 0.3) is 0 Å². The second-order valence-electron chi connectivity index (χ2n) is 7.32. The van der Waals surface area contributed by atoms with Crippen LogP contribution in [0.15, 0.2) is 18.2 Å². The highest BCUT2D eigenvalue weighted by Gasteiger charge is 2.35. The summed E-state index contributed by atoms with van der Waals surface area (Å²) in [4.78, 5) is 15.6. The number of likely N-dealkylation sites (tertiary alicyclic amines) is 1. The molecule has 0 aliphatic carbocycles. The van der Waals surface area contributed by atoms with E-state index in [1.165, 1.54) is 0 Å². The molecule has 1 aromatic carbocycles. The summed E-state index contributed by atoms with van der Waals surface area (Å²) < 4.78 is 54.4. The van der Waals surface area contributed by atoms with E-state index in [0.717, 1.165) is 30.8 Å². The maximum Gasteiger partial charge on any atom is 0.406 e. The predicted octanol–water partition coefficient (Wildman–Crippen LogP) is 3.31. The maximum absolute atomic E-state index is 12.7. The van der Waals surface area contributed by atoms with Crippen LogP contribution in [0.25, 0.3) is 0 Å². The summed E-state index contributed by atoms with van der Waals surface area (Å²) in [5, 5.41) is 0. The molecular formula is C20H27F3N2O4. The number of nitrogens with zero attached hydrogens (tertiary/aromatic N) is 2. The van der Waals surface area contributed by atoms with Crippen molar-refractivity contribution in [3.8, 4) is 17.2 Å². The Morgan fingerprint density at radius 1 is 1.31 bits per heavy atom. The van der Waals surface area contributed by atoms with Crippen LogP contribution in [0, 0.1) is 5.92 Å². The van der Waals surface area contributed by atoms with E-state index in [2.05, 4.69) is 4.90 Å². The van der Waals surface area contributed by atoms with Crippen molar-refractivity contribution in [1.82, 2.24) is 9.80 Å². The Bertz CT molecular complexity index is 699. The smallest absolute Gasteiger partial charge is 0.406 e. The summed E-state index contributed by atoms with van der Waals surface area (Å²) in [6, 6.07) is 5.42. The summed E-state index contributed by atoms with van der Waals surface area (Å²) in [6.45, 7) is 3.27. The third kappa shape index (κ3) is 6.16. The van der Waals surface area contributed by atoms with Crippen molar-refractivity contribution in [1.29, 1.82) is 0 Å². The van der Waals surface area contributed by atoms with Crippen LogP contribution in [0.1, 0.15) is 26.2 Å². The predicted molar refractivity (Wildman–Crippen MR) is 100 cm³/mol. The van der Waals surface area contributed by atoms with Gasteiger partial charge in [0, 0.05) is 25.7 Å². The fourth-order valence-electron chi connectivity index (χ4n) is 3.73. The van der Waals surface area contributed by atoms with Crippen LogP contribution in [-0.2, 0) is 4.79 Å². The topological polar surface area (TPSA) is 51.2 Å². The van der Waals surface area contributed by atoms with Gasteiger partial charge in [-0.1, -0.05) is 0 Å². The molecule has 2 aliphatic heterocycles. The number of benzene rings is 1. The molecule has 1 fully saturated rings. The van der Waals surface area contributed by atoms with E-state index in [0.29, 0.717) is 36.8 Å². The van der Waals surface area contributed by atoms with E-state index < -0.39 is 18.6 Å². The lowest BCUT2D eigenvalue weighted by Gasteiger charge is -2.35. The fraction of sp³-hybridized carbons (Fsp3) is 0.650. The molecule has 162 valence electrons. The van der Waals surface area contributed by atoms with Crippen molar-refractivity contribution in [2.45, 2.75) is 32.4 Å². The first kappa shape index (κ1) is 21.5. The van der Waals surface area contributed by atoms with Crippen molar-refractivity contribution >= 4 is 5.91 Å². The molecule has 0 aromatic heterocycles. The van der Waals surface area contributed by atoms with Gasteiger partial charge in [-0.25, -0.2) is 0 Å². The molecule has 0 bridgehead atoms. The lowest BCUT2D eigenvalue weighted by Crippen LogP contribution is -2.47. The molecule has 2 aliphatic rings. The van der Waals surface area contributed by atoms with E-state index >= 15 is 0 Å². The fourth-order valence-corrected chi connectivity index (χ4v) is 3.73. The van der Waals surface area contributed by atoms with Crippen molar-refractivity contribution in [3.63, 3.8) is 0 Å². The van der Waals surface area contributed by atoms with Gasteiger partial charge in [0.05, 0.1) is 12.5 Å². The van der Waals surface area contributed by atoms with Crippen LogP contribution < -0.4 is 14.2 Å². The Kier molecular flexibility index (Phi) is 7.10. The highest BCUT2D eigenvalue weighted by atomic mass is 19.4. The third-order valence-corrected chi connectivity index (χ3v) is 5.15. The van der Waals surface area contributed by atoms with Crippen LogP contribution in [0.4, 0.5) is 13.2 Å².